The number of rotatable bonds is 9. The average molecular weight is 1720 g/mol. The first-order chi connectivity index (χ1) is 50.6. The standard InChI is InChI=1S/3C22H18Cl2F4N6O2.5CH4/c3*1-3-15(35)32-4-5-33(10(2)8-32)20-11-6-14(22(26,27)28)34(21(36)18(11)30-9-31-20)19-16(25)12(23)7-13(24)17(19)29;;;;;/h3*3,6-7,9-10H,1,4-5,8,29H2,2H3;5*1H4/t3*10-;;;;;/m000...../s1. The molecule has 610 valence electrons. The van der Waals surface area contributed by atoms with Gasteiger partial charge in [-0.05, 0) is 75.4 Å². The number of amides is 3. The number of alkyl halides is 9. The van der Waals surface area contributed by atoms with Crippen LogP contribution in [-0.4, -0.2) is 153 Å². The maximum absolute atomic E-state index is 15.0. The number of carbonyl (C=O) groups excluding carboxylic acids is 3. The summed E-state index contributed by atoms with van der Waals surface area (Å²) in [6.07, 6.45) is -8.76. The van der Waals surface area contributed by atoms with Gasteiger partial charge in [-0.2, -0.15) is 39.5 Å². The lowest BCUT2D eigenvalue weighted by molar-refractivity contribution is -0.143. The highest BCUT2D eigenvalue weighted by Crippen LogP contribution is 2.44. The van der Waals surface area contributed by atoms with E-state index in [-0.39, 0.29) is 194 Å². The van der Waals surface area contributed by atoms with Crippen molar-refractivity contribution in [2.45, 2.75) is 94.6 Å². The summed E-state index contributed by atoms with van der Waals surface area (Å²) in [6.45, 7) is 17.8. The SMILES string of the molecule is C.C.C.C.C.C=CC(=O)N1CCN(c2ncnc3c(=O)n(-c4c(N)c(Cl)cc(Cl)c4F)c(C(F)(F)F)cc23)[C@@H](C)C1.C=CC(=O)N1CCN(c2ncnc3c(=O)n(-c4c(N)c(Cl)cc(Cl)c4F)c(C(F)(F)F)cc23)[C@@H](C)C1.C=CC(=O)N1CCN(c2ncnc3c(=O)n(-c4c(N)c(Cl)cc(Cl)c4F)c(C(F)(F)F)cc23)[C@@H](C)C1. The topological polar surface area (TPSA) is 292 Å². The lowest BCUT2D eigenvalue weighted by Gasteiger charge is -2.40. The fourth-order valence-electron chi connectivity index (χ4n) is 12.5. The number of anilines is 6. The Morgan fingerprint density at radius 1 is 0.398 bits per heavy atom. The van der Waals surface area contributed by atoms with Crippen molar-refractivity contribution in [1.82, 2.24) is 58.3 Å². The van der Waals surface area contributed by atoms with Crippen molar-refractivity contribution in [2.24, 2.45) is 0 Å². The van der Waals surface area contributed by atoms with E-state index < -0.39 is 135 Å². The predicted molar refractivity (Wildman–Crippen MR) is 418 cm³/mol. The van der Waals surface area contributed by atoms with Crippen LogP contribution in [0.3, 0.4) is 0 Å². The molecule has 113 heavy (non-hydrogen) atoms. The molecular weight excluding hydrogens is 1640 g/mol. The van der Waals surface area contributed by atoms with Gasteiger partial charge in [0.2, 0.25) is 17.7 Å². The number of halogens is 18. The number of nitrogens with zero attached hydrogens (tertiary/aromatic N) is 15. The summed E-state index contributed by atoms with van der Waals surface area (Å²) in [5, 5.41) is -3.45. The van der Waals surface area contributed by atoms with Gasteiger partial charge in [0.25, 0.3) is 16.7 Å². The zero-order chi connectivity index (χ0) is 79.6. The van der Waals surface area contributed by atoms with E-state index in [0.717, 1.165) is 37.2 Å². The van der Waals surface area contributed by atoms with Gasteiger partial charge in [0.1, 0.15) is 87.1 Å². The summed E-state index contributed by atoms with van der Waals surface area (Å²) in [6, 6.07) is 3.67. The smallest absolute Gasteiger partial charge is 0.396 e. The number of aromatic nitrogens is 9. The number of nitrogens with two attached hydrogens (primary N) is 3. The Labute approximate surface area is 667 Å². The summed E-state index contributed by atoms with van der Waals surface area (Å²) in [5.74, 6) is -4.71. The number of hydrogen-bond acceptors (Lipinski definition) is 18. The Hall–Kier alpha value is -10.1. The van der Waals surface area contributed by atoms with Crippen molar-refractivity contribution in [3.63, 3.8) is 0 Å². The molecule has 6 N–H and O–H groups in total. The molecule has 3 atom stereocenters. The third-order valence-electron chi connectivity index (χ3n) is 17.6. The highest BCUT2D eigenvalue weighted by atomic mass is 35.5. The van der Waals surface area contributed by atoms with E-state index in [1.54, 1.807) is 50.2 Å². The largest absolute Gasteiger partial charge is 0.431 e. The summed E-state index contributed by atoms with van der Waals surface area (Å²) < 4.78 is 173. The molecule has 9 aromatic rings. The molecule has 3 aliphatic heterocycles. The third kappa shape index (κ3) is 17.8. The van der Waals surface area contributed by atoms with Gasteiger partial charge in [-0.1, -0.05) is 126 Å². The third-order valence-corrected chi connectivity index (χ3v) is 19.4. The molecule has 6 aromatic heterocycles. The molecule has 3 amide bonds. The maximum Gasteiger partial charge on any atom is 0.431 e. The van der Waals surface area contributed by atoms with Crippen LogP contribution in [0.15, 0.2) is 108 Å². The van der Waals surface area contributed by atoms with E-state index in [1.165, 1.54) is 18.2 Å². The van der Waals surface area contributed by atoms with Gasteiger partial charge in [0.15, 0.2) is 17.5 Å². The molecule has 0 aliphatic carbocycles. The van der Waals surface area contributed by atoms with Gasteiger partial charge in [-0.3, -0.25) is 42.5 Å². The monoisotopic (exact) mass is 1710 g/mol. The van der Waals surface area contributed by atoms with Crippen molar-refractivity contribution < 1.29 is 67.1 Å². The minimum Gasteiger partial charge on any atom is -0.396 e. The van der Waals surface area contributed by atoms with Crippen molar-refractivity contribution in [3.8, 4) is 17.1 Å². The van der Waals surface area contributed by atoms with Crippen molar-refractivity contribution in [1.29, 1.82) is 0 Å². The second-order valence-electron chi connectivity index (χ2n) is 24.2. The first-order valence-corrected chi connectivity index (χ1v) is 33.6. The van der Waals surface area contributed by atoms with E-state index in [2.05, 4.69) is 49.6 Å². The zero-order valence-corrected chi connectivity index (χ0v) is 60.4. The molecule has 9 heterocycles. The fraction of sp³-hybridized carbons (Fsp3) is 0.324. The molecule has 3 aromatic carbocycles. The van der Waals surface area contributed by atoms with Gasteiger partial charge in [-0.15, -0.1) is 0 Å². The molecule has 12 rings (SSSR count). The van der Waals surface area contributed by atoms with E-state index in [4.69, 9.17) is 86.8 Å². The molecule has 0 spiro atoms. The van der Waals surface area contributed by atoms with Gasteiger partial charge in [0.05, 0.1) is 63.4 Å². The molecule has 0 unspecified atom stereocenters. The minimum atomic E-state index is -5.12. The van der Waals surface area contributed by atoms with Gasteiger partial charge < -0.3 is 46.6 Å². The van der Waals surface area contributed by atoms with E-state index in [1.807, 2.05) is 0 Å². The van der Waals surface area contributed by atoms with Crippen LogP contribution in [-0.2, 0) is 32.9 Å². The number of hydrogen-bond donors (Lipinski definition) is 3. The van der Waals surface area contributed by atoms with Gasteiger partial charge in [-0.25, -0.2) is 43.1 Å². The molecule has 24 nitrogen and oxygen atoms in total. The van der Waals surface area contributed by atoms with Crippen LogP contribution in [0.2, 0.25) is 30.1 Å². The van der Waals surface area contributed by atoms with E-state index >= 15 is 0 Å². The molecule has 0 radical (unpaired) electrons. The Bertz CT molecular complexity index is 4820. The molecular formula is C71H74Cl6F12N18O6. The molecule has 0 bridgehead atoms. The average Bonchev–Trinajstić information content (AvgIpc) is 0.743. The van der Waals surface area contributed by atoms with Crippen LogP contribution in [0, 0.1) is 17.5 Å². The lowest BCUT2D eigenvalue weighted by Crippen LogP contribution is -2.53. The fourth-order valence-corrected chi connectivity index (χ4v) is 13.9. The predicted octanol–water partition coefficient (Wildman–Crippen LogP) is 15.3. The summed E-state index contributed by atoms with van der Waals surface area (Å²) in [7, 11) is 0. The van der Waals surface area contributed by atoms with Crippen LogP contribution in [0.4, 0.5) is 87.2 Å². The molecule has 0 saturated carbocycles. The van der Waals surface area contributed by atoms with Crippen molar-refractivity contribution in [2.75, 3.05) is 90.8 Å². The first kappa shape index (κ1) is 93.5. The highest BCUT2D eigenvalue weighted by Gasteiger charge is 2.43. The quantitative estimate of drug-likeness (QED) is 0.0523. The van der Waals surface area contributed by atoms with Crippen LogP contribution in [0.25, 0.3) is 49.8 Å². The number of pyridine rings is 3. The Balaban J connectivity index is 0.000000296. The molecule has 3 saturated heterocycles. The number of nitrogen functional groups attached to an aromatic ring is 3. The van der Waals surface area contributed by atoms with Crippen LogP contribution >= 0.6 is 69.6 Å². The highest BCUT2D eigenvalue weighted by molar-refractivity contribution is 6.38. The summed E-state index contributed by atoms with van der Waals surface area (Å²) >= 11 is 35.1. The normalized spacial score (nSPS) is 15.7. The minimum absolute atomic E-state index is 0. The lowest BCUT2D eigenvalue weighted by atomic mass is 10.1. The van der Waals surface area contributed by atoms with Crippen molar-refractivity contribution >= 4 is 155 Å². The number of piperazine rings is 3. The summed E-state index contributed by atoms with van der Waals surface area (Å²) in [5.41, 5.74) is 3.11. The maximum atomic E-state index is 15.0. The second-order valence-corrected chi connectivity index (χ2v) is 26.7. The second kappa shape index (κ2) is 35.9. The summed E-state index contributed by atoms with van der Waals surface area (Å²) in [4.78, 5) is 110. The Morgan fingerprint density at radius 3 is 0.814 bits per heavy atom. The van der Waals surface area contributed by atoms with Gasteiger partial charge in [0, 0.05) is 77.0 Å². The zero-order valence-electron chi connectivity index (χ0n) is 55.8. The van der Waals surface area contributed by atoms with Crippen LogP contribution in [0.5, 0.6) is 0 Å². The first-order valence-electron chi connectivity index (χ1n) is 31.4. The molecule has 3 fully saturated rings. The van der Waals surface area contributed by atoms with E-state index in [0.29, 0.717) is 18.2 Å². The van der Waals surface area contributed by atoms with Crippen LogP contribution in [0.1, 0.15) is 75.0 Å². The number of carbonyl (C=O) groups is 3. The van der Waals surface area contributed by atoms with Crippen LogP contribution < -0.4 is 48.6 Å². The number of benzene rings is 3. The van der Waals surface area contributed by atoms with Crippen molar-refractivity contribution in [3.05, 3.63) is 189 Å². The Kier molecular flexibility index (Phi) is 29.7. The molecule has 3 aliphatic rings. The Morgan fingerprint density at radius 2 is 0.619 bits per heavy atom. The van der Waals surface area contributed by atoms with E-state index in [9.17, 15) is 81.5 Å². The van der Waals surface area contributed by atoms with Gasteiger partial charge >= 0.3 is 18.5 Å². The number of fused-ring (bicyclic) bond motifs is 3. The molecule has 42 heteroatoms.